The lowest BCUT2D eigenvalue weighted by molar-refractivity contribution is -0.384. The van der Waals surface area contributed by atoms with E-state index in [2.05, 4.69) is 4.98 Å². The molecule has 32 heavy (non-hydrogen) atoms. The van der Waals surface area contributed by atoms with Gasteiger partial charge < -0.3 is 9.64 Å². The van der Waals surface area contributed by atoms with Crippen LogP contribution in [0.15, 0.2) is 42.5 Å². The summed E-state index contributed by atoms with van der Waals surface area (Å²) in [6, 6.07) is 9.60. The Labute approximate surface area is 194 Å². The molecule has 0 radical (unpaired) electrons. The lowest BCUT2D eigenvalue weighted by atomic mass is 10.2. The number of hydrogen-bond acceptors (Lipinski definition) is 7. The maximum atomic E-state index is 13.1. The minimum Gasteiger partial charge on any atom is -0.494 e. The first-order chi connectivity index (χ1) is 15.3. The Kier molecular flexibility index (Phi) is 7.79. The smallest absolute Gasteiger partial charge is 0.270 e. The van der Waals surface area contributed by atoms with Crippen molar-refractivity contribution >= 4 is 56.0 Å². The number of thiazole rings is 1. The van der Waals surface area contributed by atoms with E-state index < -0.39 is 4.92 Å². The van der Waals surface area contributed by atoms with Crippen LogP contribution in [0, 0.1) is 10.1 Å². The van der Waals surface area contributed by atoms with Crippen LogP contribution in [0.25, 0.3) is 16.3 Å². The zero-order valence-electron chi connectivity index (χ0n) is 17.9. The second-order valence-electron chi connectivity index (χ2n) is 7.26. The van der Waals surface area contributed by atoms with Crippen molar-refractivity contribution in [2.24, 2.45) is 0 Å². The Balaban J connectivity index is 1.92. The summed E-state index contributed by atoms with van der Waals surface area (Å²) in [6.45, 7) is 1.25. The van der Waals surface area contributed by atoms with Gasteiger partial charge in [0.2, 0.25) is 0 Å². The van der Waals surface area contributed by atoms with Gasteiger partial charge in [0.05, 0.1) is 21.8 Å². The monoisotopic (exact) mass is 474 g/mol. The highest BCUT2D eigenvalue weighted by molar-refractivity contribution is 7.23. The lowest BCUT2D eigenvalue weighted by Crippen LogP contribution is -2.32. The van der Waals surface area contributed by atoms with Gasteiger partial charge in [-0.2, -0.15) is 0 Å². The Morgan fingerprint density at radius 2 is 2.06 bits per heavy atom. The van der Waals surface area contributed by atoms with E-state index in [1.807, 2.05) is 19.0 Å². The maximum Gasteiger partial charge on any atom is 0.270 e. The van der Waals surface area contributed by atoms with Crippen LogP contribution in [0.4, 0.5) is 10.8 Å². The van der Waals surface area contributed by atoms with E-state index in [0.29, 0.717) is 33.5 Å². The van der Waals surface area contributed by atoms with Gasteiger partial charge in [-0.25, -0.2) is 4.98 Å². The Morgan fingerprint density at radius 1 is 1.28 bits per heavy atom. The van der Waals surface area contributed by atoms with Gasteiger partial charge in [0.1, 0.15) is 11.3 Å². The van der Waals surface area contributed by atoms with Crippen LogP contribution in [0.3, 0.4) is 0 Å². The summed E-state index contributed by atoms with van der Waals surface area (Å²) in [7, 11) is 5.50. The minimum atomic E-state index is -0.467. The number of nitrogens with zero attached hydrogens (tertiary/aromatic N) is 4. The molecule has 1 heterocycles. The van der Waals surface area contributed by atoms with Crippen molar-refractivity contribution in [3.8, 4) is 5.75 Å². The van der Waals surface area contributed by atoms with E-state index in [1.54, 1.807) is 42.4 Å². The average Bonchev–Trinajstić information content (AvgIpc) is 3.21. The van der Waals surface area contributed by atoms with E-state index in [0.717, 1.165) is 17.7 Å². The quantitative estimate of drug-likeness (QED) is 0.250. The molecule has 2 aromatic carbocycles. The maximum absolute atomic E-state index is 13.1. The van der Waals surface area contributed by atoms with Crippen LogP contribution in [0.1, 0.15) is 12.0 Å². The van der Waals surface area contributed by atoms with Crippen molar-refractivity contribution in [1.29, 1.82) is 0 Å². The SMILES string of the molecule is COc1ccc(Cl)c2sc(N(CCCN(C)C)C(=O)/C=C/c3cccc([N+](=O)[O-])c3)nc12. The number of hydrogen-bond donors (Lipinski definition) is 0. The van der Waals surface area contributed by atoms with Crippen LogP contribution in [-0.2, 0) is 4.79 Å². The summed E-state index contributed by atoms with van der Waals surface area (Å²) in [5, 5.41) is 12.0. The zero-order valence-corrected chi connectivity index (χ0v) is 19.5. The fraction of sp³-hybridized carbons (Fsp3) is 0.273. The van der Waals surface area contributed by atoms with Crippen molar-refractivity contribution < 1.29 is 14.5 Å². The number of fused-ring (bicyclic) bond motifs is 1. The molecule has 0 fully saturated rings. The first-order valence-electron chi connectivity index (χ1n) is 9.82. The number of nitro groups is 1. The van der Waals surface area contributed by atoms with Crippen LogP contribution in [0.5, 0.6) is 5.75 Å². The molecule has 0 spiro atoms. The molecule has 0 atom stereocenters. The predicted octanol–water partition coefficient (Wildman–Crippen LogP) is 4.86. The first kappa shape index (κ1) is 23.6. The number of benzene rings is 2. The highest BCUT2D eigenvalue weighted by Crippen LogP contribution is 2.38. The summed E-state index contributed by atoms with van der Waals surface area (Å²) >= 11 is 7.67. The summed E-state index contributed by atoms with van der Waals surface area (Å²) in [6.07, 6.45) is 3.71. The third-order valence-corrected chi connectivity index (χ3v) is 6.19. The molecule has 0 aliphatic carbocycles. The van der Waals surface area contributed by atoms with Gasteiger partial charge in [-0.15, -0.1) is 0 Å². The third-order valence-electron chi connectivity index (χ3n) is 4.65. The van der Waals surface area contributed by atoms with Crippen molar-refractivity contribution in [2.45, 2.75) is 6.42 Å². The van der Waals surface area contributed by atoms with Gasteiger partial charge in [0, 0.05) is 24.8 Å². The molecule has 8 nitrogen and oxygen atoms in total. The van der Waals surface area contributed by atoms with Crippen LogP contribution < -0.4 is 9.64 Å². The molecule has 0 unspecified atom stereocenters. The van der Waals surface area contributed by atoms with Gasteiger partial charge in [-0.1, -0.05) is 35.1 Å². The molecule has 3 aromatic rings. The molecule has 0 saturated heterocycles. The number of amides is 1. The topological polar surface area (TPSA) is 88.8 Å². The first-order valence-corrected chi connectivity index (χ1v) is 11.0. The summed E-state index contributed by atoms with van der Waals surface area (Å²) < 4.78 is 6.14. The second-order valence-corrected chi connectivity index (χ2v) is 8.64. The minimum absolute atomic E-state index is 0.0321. The molecule has 10 heteroatoms. The number of methoxy groups -OCH3 is 1. The normalized spacial score (nSPS) is 11.4. The number of ether oxygens (including phenoxy) is 1. The predicted molar refractivity (Wildman–Crippen MR) is 129 cm³/mol. The molecular weight excluding hydrogens is 452 g/mol. The van der Waals surface area contributed by atoms with E-state index in [4.69, 9.17) is 16.3 Å². The number of nitro benzene ring substituents is 1. The number of non-ortho nitro benzene ring substituents is 1. The fourth-order valence-corrected chi connectivity index (χ4v) is 4.35. The van der Waals surface area contributed by atoms with E-state index >= 15 is 0 Å². The average molecular weight is 475 g/mol. The highest BCUT2D eigenvalue weighted by atomic mass is 35.5. The Morgan fingerprint density at radius 3 is 2.75 bits per heavy atom. The number of rotatable bonds is 9. The van der Waals surface area contributed by atoms with E-state index in [1.165, 1.54) is 29.5 Å². The van der Waals surface area contributed by atoms with Gasteiger partial charge in [-0.05, 0) is 50.8 Å². The van der Waals surface area contributed by atoms with E-state index in [9.17, 15) is 14.9 Å². The van der Waals surface area contributed by atoms with Gasteiger partial charge in [-0.3, -0.25) is 19.8 Å². The third kappa shape index (κ3) is 5.61. The number of carbonyl (C=O) groups excluding carboxylic acids is 1. The van der Waals surface area contributed by atoms with Crippen molar-refractivity contribution in [3.63, 3.8) is 0 Å². The number of aromatic nitrogens is 1. The highest BCUT2D eigenvalue weighted by Gasteiger charge is 2.20. The fourth-order valence-electron chi connectivity index (χ4n) is 3.07. The number of halogens is 1. The lowest BCUT2D eigenvalue weighted by Gasteiger charge is -2.19. The number of anilines is 1. The molecule has 0 saturated carbocycles. The molecule has 3 rings (SSSR count). The molecule has 0 aliphatic heterocycles. The van der Waals surface area contributed by atoms with Crippen LogP contribution in [-0.4, -0.2) is 55.0 Å². The zero-order chi connectivity index (χ0) is 23.3. The molecule has 0 N–H and O–H groups in total. The van der Waals surface area contributed by atoms with Gasteiger partial charge >= 0.3 is 0 Å². The standard InChI is InChI=1S/C22H23ClN4O4S/c1-25(2)12-5-13-26(19(28)11-8-15-6-4-7-16(14-15)27(29)30)22-24-20-18(31-3)10-9-17(23)21(20)32-22/h4,6-11,14H,5,12-13H2,1-3H3/b11-8+. The molecule has 0 bridgehead atoms. The van der Waals surface area contributed by atoms with E-state index in [-0.39, 0.29) is 11.6 Å². The molecule has 0 aliphatic rings. The van der Waals surface area contributed by atoms with Crippen LogP contribution >= 0.6 is 22.9 Å². The summed E-state index contributed by atoms with van der Waals surface area (Å²) in [5.41, 5.74) is 1.14. The van der Waals surface area contributed by atoms with Crippen molar-refractivity contribution in [1.82, 2.24) is 9.88 Å². The van der Waals surface area contributed by atoms with Crippen molar-refractivity contribution in [3.05, 3.63) is 63.2 Å². The molecular formula is C22H23ClN4O4S. The molecule has 1 amide bonds. The van der Waals surface area contributed by atoms with Crippen LogP contribution in [0.2, 0.25) is 5.02 Å². The largest absolute Gasteiger partial charge is 0.494 e. The number of carbonyl (C=O) groups is 1. The van der Waals surface area contributed by atoms with Crippen molar-refractivity contribution in [2.75, 3.05) is 39.2 Å². The summed E-state index contributed by atoms with van der Waals surface area (Å²) in [4.78, 5) is 31.9. The second kappa shape index (κ2) is 10.5. The molecule has 168 valence electrons. The molecule has 1 aromatic heterocycles. The Bertz CT molecular complexity index is 1160. The Hall–Kier alpha value is -3.01. The van der Waals surface area contributed by atoms with Gasteiger partial charge in [0.25, 0.3) is 11.6 Å². The van der Waals surface area contributed by atoms with Gasteiger partial charge in [0.15, 0.2) is 5.13 Å². The summed E-state index contributed by atoms with van der Waals surface area (Å²) in [5.74, 6) is 0.309.